The van der Waals surface area contributed by atoms with Crippen molar-refractivity contribution in [2.75, 3.05) is 0 Å². The molecule has 0 saturated carbocycles. The summed E-state index contributed by atoms with van der Waals surface area (Å²) in [5.41, 5.74) is 0.384. The molecule has 3 rings (SSSR count). The topological polar surface area (TPSA) is 30.2 Å². The van der Waals surface area contributed by atoms with Gasteiger partial charge < -0.3 is 0 Å². The van der Waals surface area contributed by atoms with E-state index in [1.165, 1.54) is 16.2 Å². The fourth-order valence-corrected chi connectivity index (χ4v) is 3.51. The highest BCUT2D eigenvalue weighted by Gasteiger charge is 2.32. The van der Waals surface area contributed by atoms with E-state index in [1.54, 1.807) is 0 Å². The number of nitrogens with zero attached hydrogens (tertiary/aromatic N) is 3. The van der Waals surface area contributed by atoms with Crippen molar-refractivity contribution in [2.45, 2.75) is 17.1 Å². The van der Waals surface area contributed by atoms with Crippen LogP contribution in [0.25, 0.3) is 5.65 Å². The summed E-state index contributed by atoms with van der Waals surface area (Å²) in [7, 11) is 0. The summed E-state index contributed by atoms with van der Waals surface area (Å²) in [5, 5.41) is 8.06. The monoisotopic (exact) mass is 421 g/mol. The van der Waals surface area contributed by atoms with Gasteiger partial charge in [-0.15, -0.1) is 10.2 Å². The summed E-state index contributed by atoms with van der Waals surface area (Å²) in [6, 6.07) is 8.50. The standard InChI is InChI=1S/C14H8BrClF3N3S/c15-10-3-1-2-8(4-10)7-23-13-21-20-12-11(16)5-9(6-22(12)13)14(17,18)19/h1-6H,7H2. The Morgan fingerprint density at radius 2 is 2.00 bits per heavy atom. The molecule has 0 amide bonds. The minimum atomic E-state index is -4.48. The Balaban J connectivity index is 1.93. The predicted octanol–water partition coefficient (Wildman–Crippen LogP) is 5.46. The number of hydrogen-bond donors (Lipinski definition) is 0. The number of pyridine rings is 1. The second kappa shape index (κ2) is 6.33. The Morgan fingerprint density at radius 3 is 2.70 bits per heavy atom. The summed E-state index contributed by atoms with van der Waals surface area (Å²) in [6.45, 7) is 0. The third-order valence-corrected chi connectivity index (χ3v) is 4.80. The number of halogens is 5. The van der Waals surface area contributed by atoms with Crippen molar-refractivity contribution in [1.29, 1.82) is 0 Å². The lowest BCUT2D eigenvalue weighted by Crippen LogP contribution is -2.07. The molecule has 0 unspecified atom stereocenters. The van der Waals surface area contributed by atoms with Crippen LogP contribution in [0, 0.1) is 0 Å². The number of aromatic nitrogens is 3. The van der Waals surface area contributed by atoms with Crippen LogP contribution in [0.5, 0.6) is 0 Å². The molecule has 2 heterocycles. The summed E-state index contributed by atoms with van der Waals surface area (Å²) in [6.07, 6.45) is -3.52. The van der Waals surface area contributed by atoms with Crippen LogP contribution in [-0.2, 0) is 11.9 Å². The van der Waals surface area contributed by atoms with Gasteiger partial charge in [-0.1, -0.05) is 51.4 Å². The number of thioether (sulfide) groups is 1. The molecular formula is C14H8BrClF3N3S. The first kappa shape index (κ1) is 16.6. The largest absolute Gasteiger partial charge is 0.417 e. The van der Waals surface area contributed by atoms with E-state index in [-0.39, 0.29) is 10.7 Å². The first-order valence-electron chi connectivity index (χ1n) is 6.33. The van der Waals surface area contributed by atoms with E-state index in [0.717, 1.165) is 22.3 Å². The van der Waals surface area contributed by atoms with Crippen molar-refractivity contribution in [2.24, 2.45) is 0 Å². The Labute approximate surface area is 147 Å². The molecule has 9 heteroatoms. The van der Waals surface area contributed by atoms with E-state index >= 15 is 0 Å². The van der Waals surface area contributed by atoms with Gasteiger partial charge in [0, 0.05) is 16.4 Å². The van der Waals surface area contributed by atoms with E-state index < -0.39 is 11.7 Å². The Bertz CT molecular complexity index is 866. The summed E-state index contributed by atoms with van der Waals surface area (Å²) >= 11 is 10.5. The maximum atomic E-state index is 12.9. The number of hydrogen-bond acceptors (Lipinski definition) is 3. The molecule has 0 atom stereocenters. The van der Waals surface area contributed by atoms with Crippen LogP contribution in [0.1, 0.15) is 11.1 Å². The fourth-order valence-electron chi connectivity index (χ4n) is 1.96. The van der Waals surface area contributed by atoms with E-state index in [1.807, 2.05) is 24.3 Å². The normalized spacial score (nSPS) is 12.0. The molecule has 23 heavy (non-hydrogen) atoms. The minimum Gasteiger partial charge on any atom is -0.276 e. The molecule has 3 nitrogen and oxygen atoms in total. The molecule has 0 N–H and O–H groups in total. The molecule has 0 aliphatic heterocycles. The Kier molecular flexibility index (Phi) is 4.57. The SMILES string of the molecule is FC(F)(F)c1cc(Cl)c2nnc(SCc3cccc(Br)c3)n2c1. The summed E-state index contributed by atoms with van der Waals surface area (Å²) in [5.74, 6) is 0.550. The second-order valence-corrected chi connectivity index (χ2v) is 6.93. The average Bonchev–Trinajstić information content (AvgIpc) is 2.88. The van der Waals surface area contributed by atoms with Crippen molar-refractivity contribution in [3.05, 3.63) is 57.2 Å². The predicted molar refractivity (Wildman–Crippen MR) is 86.7 cm³/mol. The molecule has 2 aromatic heterocycles. The van der Waals surface area contributed by atoms with Gasteiger partial charge in [-0.3, -0.25) is 4.40 Å². The van der Waals surface area contributed by atoms with Gasteiger partial charge in [-0.2, -0.15) is 13.2 Å². The zero-order valence-electron chi connectivity index (χ0n) is 11.3. The first-order chi connectivity index (χ1) is 10.8. The molecule has 0 fully saturated rings. The lowest BCUT2D eigenvalue weighted by atomic mass is 10.2. The van der Waals surface area contributed by atoms with Gasteiger partial charge in [-0.05, 0) is 23.8 Å². The smallest absolute Gasteiger partial charge is 0.276 e. The van der Waals surface area contributed by atoms with Gasteiger partial charge in [0.25, 0.3) is 0 Å². The van der Waals surface area contributed by atoms with Gasteiger partial charge in [0.05, 0.1) is 10.6 Å². The maximum absolute atomic E-state index is 12.9. The number of rotatable bonds is 3. The van der Waals surface area contributed by atoms with Crippen molar-refractivity contribution in [3.8, 4) is 0 Å². The van der Waals surface area contributed by atoms with Crippen molar-refractivity contribution < 1.29 is 13.2 Å². The molecule has 0 saturated heterocycles. The fraction of sp³-hybridized carbons (Fsp3) is 0.143. The van der Waals surface area contributed by atoms with Crippen LogP contribution in [-0.4, -0.2) is 14.6 Å². The molecule has 0 aliphatic carbocycles. The van der Waals surface area contributed by atoms with Crippen LogP contribution in [0.15, 0.2) is 46.2 Å². The molecule has 0 radical (unpaired) electrons. The molecule has 0 bridgehead atoms. The Morgan fingerprint density at radius 1 is 1.22 bits per heavy atom. The van der Waals surface area contributed by atoms with E-state index in [2.05, 4.69) is 26.1 Å². The maximum Gasteiger partial charge on any atom is 0.417 e. The molecule has 3 aromatic rings. The Hall–Kier alpha value is -1.25. The number of benzene rings is 1. The zero-order valence-corrected chi connectivity index (χ0v) is 14.5. The van der Waals surface area contributed by atoms with Gasteiger partial charge in [0.15, 0.2) is 10.8 Å². The number of fused-ring (bicyclic) bond motifs is 1. The lowest BCUT2D eigenvalue weighted by Gasteiger charge is -2.08. The molecule has 0 aliphatic rings. The quantitative estimate of drug-likeness (QED) is 0.525. The first-order valence-corrected chi connectivity index (χ1v) is 8.49. The second-order valence-electron chi connectivity index (χ2n) is 4.67. The van der Waals surface area contributed by atoms with Gasteiger partial charge in [0.1, 0.15) is 0 Å². The average molecular weight is 423 g/mol. The number of alkyl halides is 3. The van der Waals surface area contributed by atoms with Crippen LogP contribution in [0.3, 0.4) is 0 Å². The van der Waals surface area contributed by atoms with E-state index in [4.69, 9.17) is 11.6 Å². The molecule has 1 aromatic carbocycles. The summed E-state index contributed by atoms with van der Waals surface area (Å²) in [4.78, 5) is 0. The minimum absolute atomic E-state index is 0.0818. The van der Waals surface area contributed by atoms with Gasteiger partial charge in [-0.25, -0.2) is 0 Å². The van der Waals surface area contributed by atoms with Crippen molar-refractivity contribution in [1.82, 2.24) is 14.6 Å². The van der Waals surface area contributed by atoms with Crippen molar-refractivity contribution in [3.63, 3.8) is 0 Å². The molecule has 0 spiro atoms. The molecule has 120 valence electrons. The van der Waals surface area contributed by atoms with Crippen molar-refractivity contribution >= 4 is 44.9 Å². The lowest BCUT2D eigenvalue weighted by molar-refractivity contribution is -0.137. The van der Waals surface area contributed by atoms with Crippen LogP contribution in [0.4, 0.5) is 13.2 Å². The molecular weight excluding hydrogens is 415 g/mol. The van der Waals surface area contributed by atoms with Gasteiger partial charge in [0.2, 0.25) is 0 Å². The highest BCUT2D eigenvalue weighted by molar-refractivity contribution is 9.10. The van der Waals surface area contributed by atoms with Crippen LogP contribution in [0.2, 0.25) is 5.02 Å². The highest BCUT2D eigenvalue weighted by Crippen LogP contribution is 2.33. The van der Waals surface area contributed by atoms with Crippen LogP contribution < -0.4 is 0 Å². The third kappa shape index (κ3) is 3.64. The van der Waals surface area contributed by atoms with E-state index in [0.29, 0.717) is 10.9 Å². The zero-order chi connectivity index (χ0) is 16.6. The summed E-state index contributed by atoms with van der Waals surface area (Å²) < 4.78 is 40.9. The van der Waals surface area contributed by atoms with Gasteiger partial charge >= 0.3 is 6.18 Å². The third-order valence-electron chi connectivity index (χ3n) is 3.01. The highest BCUT2D eigenvalue weighted by atomic mass is 79.9. The van der Waals surface area contributed by atoms with Crippen LogP contribution >= 0.6 is 39.3 Å². The van der Waals surface area contributed by atoms with E-state index in [9.17, 15) is 13.2 Å².